The molecule has 5 heteroatoms. The number of carbonyl (C=O) groups excluding carboxylic acids is 1. The number of rotatable bonds is 1. The van der Waals surface area contributed by atoms with Crippen LogP contribution < -0.4 is 0 Å². The molecule has 0 bridgehead atoms. The average molecular weight is 260 g/mol. The fourth-order valence-corrected chi connectivity index (χ4v) is 2.31. The lowest BCUT2D eigenvalue weighted by molar-refractivity contribution is 0.0697. The summed E-state index contributed by atoms with van der Waals surface area (Å²) in [6.07, 6.45) is 0. The van der Waals surface area contributed by atoms with Crippen molar-refractivity contribution in [3.63, 3.8) is 0 Å². The van der Waals surface area contributed by atoms with Crippen molar-refractivity contribution in [1.82, 2.24) is 0 Å². The Bertz CT molecular complexity index is 751. The van der Waals surface area contributed by atoms with Crippen molar-refractivity contribution in [2.24, 2.45) is 0 Å². The van der Waals surface area contributed by atoms with Gasteiger partial charge in [-0.15, -0.1) is 0 Å². The van der Waals surface area contributed by atoms with Gasteiger partial charge in [0, 0.05) is 16.7 Å². The maximum atomic E-state index is 13.4. The lowest BCUT2D eigenvalue weighted by Crippen LogP contribution is -2.02. The summed E-state index contributed by atoms with van der Waals surface area (Å²) in [6, 6.07) is 5.32. The number of hydrogen-bond donors (Lipinski definition) is 1. The molecule has 0 radical (unpaired) electrons. The van der Waals surface area contributed by atoms with Crippen LogP contribution in [0.25, 0.3) is 11.1 Å². The van der Waals surface area contributed by atoms with Crippen molar-refractivity contribution in [1.29, 1.82) is 0 Å². The lowest BCUT2D eigenvalue weighted by Gasteiger charge is -2.05. The molecule has 3 nitrogen and oxygen atoms in total. The van der Waals surface area contributed by atoms with Gasteiger partial charge in [0.2, 0.25) is 0 Å². The number of carboxylic acids is 1. The Morgan fingerprint density at radius 1 is 0.947 bits per heavy atom. The Balaban J connectivity index is 2.41. The van der Waals surface area contributed by atoms with E-state index in [9.17, 15) is 18.4 Å². The summed E-state index contributed by atoms with van der Waals surface area (Å²) in [4.78, 5) is 23.2. The molecule has 0 atom stereocenters. The van der Waals surface area contributed by atoms with Gasteiger partial charge in [-0.05, 0) is 29.8 Å². The first-order valence-corrected chi connectivity index (χ1v) is 5.40. The van der Waals surface area contributed by atoms with E-state index in [2.05, 4.69) is 0 Å². The molecule has 19 heavy (non-hydrogen) atoms. The second-order valence-electron chi connectivity index (χ2n) is 4.20. The van der Waals surface area contributed by atoms with Crippen LogP contribution in [-0.4, -0.2) is 16.9 Å². The van der Waals surface area contributed by atoms with Crippen LogP contribution in [0.4, 0.5) is 8.78 Å². The van der Waals surface area contributed by atoms with Gasteiger partial charge < -0.3 is 5.11 Å². The van der Waals surface area contributed by atoms with Crippen molar-refractivity contribution >= 4 is 11.8 Å². The third-order valence-corrected chi connectivity index (χ3v) is 3.07. The topological polar surface area (TPSA) is 54.4 Å². The summed E-state index contributed by atoms with van der Waals surface area (Å²) in [5.41, 5.74) is 0.183. The third kappa shape index (κ3) is 1.55. The summed E-state index contributed by atoms with van der Waals surface area (Å²) in [5, 5.41) is 9.09. The van der Waals surface area contributed by atoms with Crippen LogP contribution in [0, 0.1) is 11.6 Å². The molecule has 3 rings (SSSR count). The number of fused-ring (bicyclic) bond motifs is 3. The van der Waals surface area contributed by atoms with E-state index in [0.717, 1.165) is 24.3 Å². The van der Waals surface area contributed by atoms with Crippen molar-refractivity contribution < 1.29 is 23.5 Å². The van der Waals surface area contributed by atoms with E-state index in [0.29, 0.717) is 5.56 Å². The first-order chi connectivity index (χ1) is 8.99. The van der Waals surface area contributed by atoms with Gasteiger partial charge in [-0.3, -0.25) is 4.79 Å². The molecule has 0 saturated carbocycles. The predicted octanol–water partition coefficient (Wildman–Crippen LogP) is 2.87. The van der Waals surface area contributed by atoms with Crippen LogP contribution in [0.15, 0.2) is 30.3 Å². The molecular weight excluding hydrogens is 254 g/mol. The molecule has 0 heterocycles. The van der Waals surface area contributed by atoms with E-state index < -0.39 is 23.4 Å². The summed E-state index contributed by atoms with van der Waals surface area (Å²) >= 11 is 0. The number of hydrogen-bond acceptors (Lipinski definition) is 2. The molecule has 2 aromatic carbocycles. The van der Waals surface area contributed by atoms with Gasteiger partial charge in [0.25, 0.3) is 0 Å². The minimum Gasteiger partial charge on any atom is -0.478 e. The monoisotopic (exact) mass is 260 g/mol. The highest BCUT2D eigenvalue weighted by Gasteiger charge is 2.31. The summed E-state index contributed by atoms with van der Waals surface area (Å²) in [5.74, 6) is -3.30. The number of ketones is 1. The van der Waals surface area contributed by atoms with Crippen LogP contribution >= 0.6 is 0 Å². The fraction of sp³-hybridized carbons (Fsp3) is 0. The van der Waals surface area contributed by atoms with Gasteiger partial charge in [0.15, 0.2) is 5.78 Å². The van der Waals surface area contributed by atoms with Crippen LogP contribution in [0.3, 0.4) is 0 Å². The molecule has 0 fully saturated rings. The highest BCUT2D eigenvalue weighted by Crippen LogP contribution is 2.39. The zero-order valence-electron chi connectivity index (χ0n) is 9.41. The Hall–Kier alpha value is -2.56. The Morgan fingerprint density at radius 3 is 2.32 bits per heavy atom. The maximum absolute atomic E-state index is 13.4. The number of carbonyl (C=O) groups is 2. The Morgan fingerprint density at radius 2 is 1.63 bits per heavy atom. The van der Waals surface area contributed by atoms with Crippen molar-refractivity contribution in [3.8, 4) is 11.1 Å². The minimum atomic E-state index is -1.33. The van der Waals surface area contributed by atoms with E-state index in [1.54, 1.807) is 0 Å². The highest BCUT2D eigenvalue weighted by molar-refractivity contribution is 6.24. The molecule has 94 valence electrons. The smallest absolute Gasteiger partial charge is 0.336 e. The molecule has 0 spiro atoms. The van der Waals surface area contributed by atoms with Gasteiger partial charge in [-0.2, -0.15) is 0 Å². The largest absolute Gasteiger partial charge is 0.478 e. The molecule has 1 aliphatic carbocycles. The van der Waals surface area contributed by atoms with Gasteiger partial charge in [-0.25, -0.2) is 13.6 Å². The van der Waals surface area contributed by atoms with Crippen LogP contribution in [0.5, 0.6) is 0 Å². The summed E-state index contributed by atoms with van der Waals surface area (Å²) in [6.45, 7) is 0. The quantitative estimate of drug-likeness (QED) is 0.732. The van der Waals surface area contributed by atoms with Crippen LogP contribution in [0.2, 0.25) is 0 Å². The van der Waals surface area contributed by atoms with E-state index >= 15 is 0 Å². The average Bonchev–Trinajstić information content (AvgIpc) is 2.62. The van der Waals surface area contributed by atoms with Gasteiger partial charge >= 0.3 is 5.97 Å². The maximum Gasteiger partial charge on any atom is 0.336 e. The fourth-order valence-electron chi connectivity index (χ4n) is 2.31. The van der Waals surface area contributed by atoms with Gasteiger partial charge in [0.1, 0.15) is 11.6 Å². The third-order valence-electron chi connectivity index (χ3n) is 3.07. The lowest BCUT2D eigenvalue weighted by atomic mass is 9.99. The second kappa shape index (κ2) is 3.71. The van der Waals surface area contributed by atoms with E-state index in [-0.39, 0.29) is 22.3 Å². The molecule has 2 aromatic rings. The molecule has 0 aromatic heterocycles. The van der Waals surface area contributed by atoms with Crippen molar-refractivity contribution in [2.75, 3.05) is 0 Å². The zero-order valence-corrected chi connectivity index (χ0v) is 9.41. The molecule has 0 saturated heterocycles. The number of benzene rings is 2. The van der Waals surface area contributed by atoms with Crippen LogP contribution in [0.1, 0.15) is 26.3 Å². The van der Waals surface area contributed by atoms with Crippen molar-refractivity contribution in [3.05, 3.63) is 58.7 Å². The van der Waals surface area contributed by atoms with E-state index in [4.69, 9.17) is 5.11 Å². The Kier molecular flexibility index (Phi) is 2.25. The zero-order chi connectivity index (χ0) is 13.7. The molecule has 0 amide bonds. The van der Waals surface area contributed by atoms with E-state index in [1.807, 2.05) is 0 Å². The van der Waals surface area contributed by atoms with Gasteiger partial charge in [0.05, 0.1) is 5.56 Å². The first kappa shape index (κ1) is 11.5. The molecule has 1 N–H and O–H groups in total. The summed E-state index contributed by atoms with van der Waals surface area (Å²) in [7, 11) is 0. The summed E-state index contributed by atoms with van der Waals surface area (Å²) < 4.78 is 26.5. The number of aromatic carboxylic acids is 1. The molecule has 1 aliphatic rings. The highest BCUT2D eigenvalue weighted by atomic mass is 19.1. The van der Waals surface area contributed by atoms with Gasteiger partial charge in [-0.1, -0.05) is 6.07 Å². The normalized spacial score (nSPS) is 12.2. The second-order valence-corrected chi connectivity index (χ2v) is 4.20. The molecule has 0 aliphatic heterocycles. The molecule has 0 unspecified atom stereocenters. The standard InChI is InChI=1S/C14H6F2O3/c15-6-1-2-8-9(3-6)13(17)10-4-7(16)5-11(12(8)10)14(18)19/h1-5H,(H,18,19). The van der Waals surface area contributed by atoms with Crippen molar-refractivity contribution in [2.45, 2.75) is 0 Å². The number of halogens is 2. The Labute approximate surface area is 106 Å². The minimum absolute atomic E-state index is 0.0435. The predicted molar refractivity (Wildman–Crippen MR) is 62.2 cm³/mol. The van der Waals surface area contributed by atoms with E-state index in [1.165, 1.54) is 6.07 Å². The molecular formula is C14H6F2O3. The SMILES string of the molecule is O=C(O)c1cc(F)cc2c1-c1ccc(F)cc1C2=O. The number of carboxylic acid groups (broad SMARTS) is 1. The van der Waals surface area contributed by atoms with Crippen LogP contribution in [-0.2, 0) is 0 Å². The first-order valence-electron chi connectivity index (χ1n) is 5.40.